The second-order valence-corrected chi connectivity index (χ2v) is 23.0. The molecule has 4 N–H and O–H groups in total. The highest BCUT2D eigenvalue weighted by Crippen LogP contribution is 2.36. The molecule has 12 heteroatoms. The van der Waals surface area contributed by atoms with Crippen molar-refractivity contribution in [2.45, 2.75) is 245 Å². The van der Waals surface area contributed by atoms with Crippen LogP contribution in [-0.2, 0) is 38.1 Å². The van der Waals surface area contributed by atoms with Crippen molar-refractivity contribution >= 4 is 23.9 Å². The Hall–Kier alpha value is -2.28. The third-order valence-corrected chi connectivity index (χ3v) is 11.7. The predicted molar refractivity (Wildman–Crippen MR) is 225 cm³/mol. The van der Waals surface area contributed by atoms with Crippen molar-refractivity contribution in [2.75, 3.05) is 6.61 Å². The molecule has 0 aromatic heterocycles. The largest absolute Gasteiger partial charge is 0.466 e. The monoisotopic (exact) mass is 807 g/mol. The van der Waals surface area contributed by atoms with Crippen LogP contribution in [0.5, 0.6) is 0 Å². The van der Waals surface area contributed by atoms with Crippen LogP contribution in [0.1, 0.15) is 182 Å². The zero-order chi connectivity index (χ0) is 43.6. The van der Waals surface area contributed by atoms with Crippen LogP contribution in [0.25, 0.3) is 0 Å². The maximum atomic E-state index is 14.6. The van der Waals surface area contributed by atoms with Crippen molar-refractivity contribution in [1.29, 1.82) is 0 Å². The van der Waals surface area contributed by atoms with E-state index in [0.717, 1.165) is 6.42 Å². The molecule has 12 nitrogen and oxygen atoms in total. The molecule has 2 unspecified atom stereocenters. The minimum absolute atomic E-state index is 0.106. The highest BCUT2D eigenvalue weighted by Gasteiger charge is 2.47. The summed E-state index contributed by atoms with van der Waals surface area (Å²) < 4.78 is 24.4. The van der Waals surface area contributed by atoms with Crippen molar-refractivity contribution in [1.82, 2.24) is 21.3 Å². The minimum atomic E-state index is -1.34. The van der Waals surface area contributed by atoms with Gasteiger partial charge in [-0.05, 0) is 124 Å². The number of ether oxygens (including phenoxy) is 4. The lowest BCUT2D eigenvalue weighted by molar-refractivity contribution is -0.177. The average Bonchev–Trinajstić information content (AvgIpc) is 2.93. The van der Waals surface area contributed by atoms with Gasteiger partial charge in [-0.3, -0.25) is 19.2 Å². The summed E-state index contributed by atoms with van der Waals surface area (Å²) in [5.74, 6) is -5.39. The van der Waals surface area contributed by atoms with E-state index in [0.29, 0.717) is 44.9 Å². The highest BCUT2D eigenvalue weighted by molar-refractivity contribution is 5.88. The smallest absolute Gasteiger partial charge is 0.310 e. The molecule has 0 radical (unpaired) electrons. The third kappa shape index (κ3) is 16.4. The minimum Gasteiger partial charge on any atom is -0.466 e. The van der Waals surface area contributed by atoms with Gasteiger partial charge in [-0.15, -0.1) is 0 Å². The van der Waals surface area contributed by atoms with Gasteiger partial charge in [0, 0.05) is 82.8 Å². The summed E-state index contributed by atoms with van der Waals surface area (Å²) >= 11 is 0. The second-order valence-electron chi connectivity index (χ2n) is 23.0. The van der Waals surface area contributed by atoms with E-state index >= 15 is 0 Å². The number of carbonyl (C=O) groups is 4. The molecule has 3 saturated heterocycles. The van der Waals surface area contributed by atoms with Gasteiger partial charge in [0.2, 0.25) is 0 Å². The summed E-state index contributed by atoms with van der Waals surface area (Å²) in [6, 6.07) is 0. The lowest BCUT2D eigenvalue weighted by Crippen LogP contribution is -2.60. The molecule has 3 aliphatic heterocycles. The SMILES string of the molecule is CCC(C)(C)NC(C)(C)CCOC(=O)CC(C(=O)OC1CC(C)(C)NC(C)(C)C1)C(CC(=O)OC1CC(C)(C)NC(C)(C)C1)C(=O)OC1CC(C)(C)NC(C)(C)C1. The zero-order valence-corrected chi connectivity index (χ0v) is 38.9. The molecule has 57 heavy (non-hydrogen) atoms. The first kappa shape index (κ1) is 49.1. The van der Waals surface area contributed by atoms with E-state index in [1.54, 1.807) is 0 Å². The fourth-order valence-corrected chi connectivity index (χ4v) is 10.4. The van der Waals surface area contributed by atoms with Crippen LogP contribution in [0, 0.1) is 11.8 Å². The molecular formula is C45H82N4O8. The molecule has 0 aliphatic carbocycles. The van der Waals surface area contributed by atoms with Crippen molar-refractivity contribution in [2.24, 2.45) is 11.8 Å². The van der Waals surface area contributed by atoms with Gasteiger partial charge in [0.05, 0.1) is 31.3 Å². The molecule has 0 spiro atoms. The summed E-state index contributed by atoms with van der Waals surface area (Å²) in [5.41, 5.74) is -2.35. The Morgan fingerprint density at radius 2 is 0.860 bits per heavy atom. The van der Waals surface area contributed by atoms with Gasteiger partial charge in [0.25, 0.3) is 0 Å². The Balaban J connectivity index is 1.97. The average molecular weight is 807 g/mol. The molecule has 330 valence electrons. The highest BCUT2D eigenvalue weighted by atomic mass is 16.6. The van der Waals surface area contributed by atoms with Gasteiger partial charge >= 0.3 is 23.9 Å². The summed E-state index contributed by atoms with van der Waals surface area (Å²) in [7, 11) is 0. The van der Waals surface area contributed by atoms with Crippen LogP contribution >= 0.6 is 0 Å². The molecule has 2 atom stereocenters. The number of esters is 4. The molecule has 0 aromatic carbocycles. The lowest BCUT2D eigenvalue weighted by atomic mass is 9.80. The number of rotatable bonds is 16. The van der Waals surface area contributed by atoms with Gasteiger partial charge < -0.3 is 40.2 Å². The van der Waals surface area contributed by atoms with Crippen LogP contribution in [0.3, 0.4) is 0 Å². The molecule has 0 bridgehead atoms. The van der Waals surface area contributed by atoms with E-state index in [9.17, 15) is 19.2 Å². The van der Waals surface area contributed by atoms with Gasteiger partial charge in [0.15, 0.2) is 0 Å². The Morgan fingerprint density at radius 3 is 1.19 bits per heavy atom. The van der Waals surface area contributed by atoms with E-state index in [-0.39, 0.29) is 50.9 Å². The van der Waals surface area contributed by atoms with Crippen LogP contribution in [0.2, 0.25) is 0 Å². The van der Waals surface area contributed by atoms with Crippen LogP contribution in [0.4, 0.5) is 0 Å². The zero-order valence-electron chi connectivity index (χ0n) is 38.9. The summed E-state index contributed by atoms with van der Waals surface area (Å²) in [6.45, 7) is 35.4. The molecule has 0 amide bonds. The Morgan fingerprint density at radius 1 is 0.544 bits per heavy atom. The van der Waals surface area contributed by atoms with E-state index < -0.39 is 66.9 Å². The maximum Gasteiger partial charge on any atom is 0.310 e. The molecule has 0 saturated carbocycles. The molecule has 3 rings (SSSR count). The second kappa shape index (κ2) is 17.7. The Bertz CT molecular complexity index is 1380. The van der Waals surface area contributed by atoms with Crippen LogP contribution in [-0.4, -0.2) is 93.1 Å². The molecular weight excluding hydrogens is 725 g/mol. The van der Waals surface area contributed by atoms with Crippen molar-refractivity contribution in [3.63, 3.8) is 0 Å². The fourth-order valence-electron chi connectivity index (χ4n) is 10.4. The normalized spacial score (nSPS) is 24.4. The van der Waals surface area contributed by atoms with Crippen molar-refractivity contribution < 1.29 is 38.1 Å². The number of hydrogen-bond acceptors (Lipinski definition) is 12. The van der Waals surface area contributed by atoms with E-state index in [1.165, 1.54) is 0 Å². The Kier molecular flexibility index (Phi) is 15.3. The van der Waals surface area contributed by atoms with Gasteiger partial charge in [-0.2, -0.15) is 0 Å². The number of hydrogen-bond donors (Lipinski definition) is 4. The third-order valence-electron chi connectivity index (χ3n) is 11.7. The number of carbonyl (C=O) groups excluding carboxylic acids is 4. The topological polar surface area (TPSA) is 153 Å². The summed E-state index contributed by atoms with van der Waals surface area (Å²) in [5, 5.41) is 14.5. The van der Waals surface area contributed by atoms with Gasteiger partial charge in [-0.25, -0.2) is 0 Å². The van der Waals surface area contributed by atoms with E-state index in [4.69, 9.17) is 18.9 Å². The van der Waals surface area contributed by atoms with Crippen molar-refractivity contribution in [3.05, 3.63) is 0 Å². The lowest BCUT2D eigenvalue weighted by Gasteiger charge is -2.46. The molecule has 3 aliphatic rings. The first-order valence-electron chi connectivity index (χ1n) is 21.5. The molecule has 3 heterocycles. The fraction of sp³-hybridized carbons (Fsp3) is 0.911. The van der Waals surface area contributed by atoms with E-state index in [2.05, 4.69) is 139 Å². The number of nitrogens with one attached hydrogen (secondary N) is 4. The summed E-state index contributed by atoms with van der Waals surface area (Å²) in [6.07, 6.45) is 2.48. The quantitative estimate of drug-likeness (QED) is 0.0935. The number of piperidine rings is 3. The van der Waals surface area contributed by atoms with Crippen LogP contribution in [0.15, 0.2) is 0 Å². The van der Waals surface area contributed by atoms with E-state index in [1.807, 2.05) is 0 Å². The van der Waals surface area contributed by atoms with Crippen molar-refractivity contribution in [3.8, 4) is 0 Å². The maximum absolute atomic E-state index is 14.6. The first-order valence-corrected chi connectivity index (χ1v) is 21.5. The molecule has 3 fully saturated rings. The standard InChI is InChI=1S/C45H82N4O8/c1-18-38(2,3)46-39(4,5)19-20-54-34(50)21-32(36(52)56-30-25-42(10,11)48-43(12,13)26-30)33(37(53)57-31-27-44(14,15)49-45(16,17)28-31)22-35(51)55-29-23-40(6,7)47-41(8,9)24-29/h29-33,46-49H,18-28H2,1-17H3. The summed E-state index contributed by atoms with van der Waals surface area (Å²) in [4.78, 5) is 56.9. The van der Waals surface area contributed by atoms with Crippen LogP contribution < -0.4 is 21.3 Å². The van der Waals surface area contributed by atoms with Gasteiger partial charge in [0.1, 0.15) is 18.3 Å². The Labute approximate surface area is 345 Å². The predicted octanol–water partition coefficient (Wildman–Crippen LogP) is 7.05. The molecule has 0 aromatic rings. The first-order chi connectivity index (χ1) is 25.6. The van der Waals surface area contributed by atoms with Gasteiger partial charge in [-0.1, -0.05) is 6.92 Å².